The van der Waals surface area contributed by atoms with Gasteiger partial charge >= 0.3 is 0 Å². The fraction of sp³-hybridized carbons (Fsp3) is 1.00. The molecule has 84 valence electrons. The summed E-state index contributed by atoms with van der Waals surface area (Å²) in [6.45, 7) is 10.4. The largest absolute Gasteiger partial charge is 0.314 e. The topological polar surface area (TPSA) is 12.0 Å². The van der Waals surface area contributed by atoms with E-state index in [0.717, 1.165) is 30.3 Å². The van der Waals surface area contributed by atoms with Crippen LogP contribution in [0, 0.1) is 17.8 Å². The summed E-state index contributed by atoms with van der Waals surface area (Å²) in [5.74, 6) is 2.78. The second kappa shape index (κ2) is 5.75. The first-order valence-electron chi connectivity index (χ1n) is 6.38. The van der Waals surface area contributed by atoms with Crippen molar-refractivity contribution < 1.29 is 0 Å². The molecule has 1 heteroatoms. The SMILES string of the molecule is CCNC(CCC(C)C)C(C)C1CC1. The molecule has 0 radical (unpaired) electrons. The molecular weight excluding hydrogens is 170 g/mol. The zero-order valence-corrected chi connectivity index (χ0v) is 10.3. The molecule has 0 aliphatic heterocycles. The minimum Gasteiger partial charge on any atom is -0.314 e. The monoisotopic (exact) mass is 197 g/mol. The molecule has 2 atom stereocenters. The lowest BCUT2D eigenvalue weighted by molar-refractivity contribution is 0.311. The van der Waals surface area contributed by atoms with Crippen molar-refractivity contribution in [2.45, 2.75) is 59.4 Å². The Labute approximate surface area is 89.7 Å². The van der Waals surface area contributed by atoms with Gasteiger partial charge < -0.3 is 5.32 Å². The fourth-order valence-electron chi connectivity index (χ4n) is 2.28. The molecule has 0 amide bonds. The molecule has 1 aliphatic rings. The molecule has 2 unspecified atom stereocenters. The summed E-state index contributed by atoms with van der Waals surface area (Å²) in [5.41, 5.74) is 0. The van der Waals surface area contributed by atoms with Crippen molar-refractivity contribution >= 4 is 0 Å². The number of hydrogen-bond donors (Lipinski definition) is 1. The zero-order valence-electron chi connectivity index (χ0n) is 10.3. The van der Waals surface area contributed by atoms with Gasteiger partial charge in [-0.2, -0.15) is 0 Å². The molecule has 0 spiro atoms. The van der Waals surface area contributed by atoms with E-state index in [0.29, 0.717) is 0 Å². The number of rotatable bonds is 7. The quantitative estimate of drug-likeness (QED) is 0.659. The summed E-state index contributed by atoms with van der Waals surface area (Å²) in [4.78, 5) is 0. The Morgan fingerprint density at radius 3 is 2.21 bits per heavy atom. The molecule has 1 rings (SSSR count). The number of nitrogens with one attached hydrogen (secondary N) is 1. The lowest BCUT2D eigenvalue weighted by Gasteiger charge is -2.25. The molecule has 0 aromatic heterocycles. The van der Waals surface area contributed by atoms with Crippen molar-refractivity contribution in [3.05, 3.63) is 0 Å². The molecule has 14 heavy (non-hydrogen) atoms. The van der Waals surface area contributed by atoms with Gasteiger partial charge in [-0.25, -0.2) is 0 Å². The third kappa shape index (κ3) is 4.00. The average molecular weight is 197 g/mol. The van der Waals surface area contributed by atoms with Gasteiger partial charge in [0.15, 0.2) is 0 Å². The molecule has 1 N–H and O–H groups in total. The zero-order chi connectivity index (χ0) is 10.6. The van der Waals surface area contributed by atoms with Gasteiger partial charge in [0, 0.05) is 6.04 Å². The Bertz CT molecular complexity index is 149. The van der Waals surface area contributed by atoms with Crippen molar-refractivity contribution in [2.24, 2.45) is 17.8 Å². The highest BCUT2D eigenvalue weighted by molar-refractivity contribution is 4.86. The lowest BCUT2D eigenvalue weighted by Crippen LogP contribution is -2.36. The minimum absolute atomic E-state index is 0.773. The number of hydrogen-bond acceptors (Lipinski definition) is 1. The third-order valence-corrected chi connectivity index (χ3v) is 3.52. The van der Waals surface area contributed by atoms with E-state index >= 15 is 0 Å². The molecule has 0 bridgehead atoms. The highest BCUT2D eigenvalue weighted by atomic mass is 14.9. The van der Waals surface area contributed by atoms with E-state index in [1.807, 2.05) is 0 Å². The molecule has 1 aliphatic carbocycles. The van der Waals surface area contributed by atoms with Crippen LogP contribution in [0.5, 0.6) is 0 Å². The van der Waals surface area contributed by atoms with Crippen LogP contribution < -0.4 is 5.32 Å². The van der Waals surface area contributed by atoms with Gasteiger partial charge in [0.2, 0.25) is 0 Å². The van der Waals surface area contributed by atoms with Gasteiger partial charge in [-0.1, -0.05) is 27.7 Å². The summed E-state index contributed by atoms with van der Waals surface area (Å²) in [5, 5.41) is 3.66. The summed E-state index contributed by atoms with van der Waals surface area (Å²) in [6.07, 6.45) is 5.69. The molecule has 1 fully saturated rings. The minimum atomic E-state index is 0.773. The fourth-order valence-corrected chi connectivity index (χ4v) is 2.28. The molecule has 0 heterocycles. The van der Waals surface area contributed by atoms with E-state index < -0.39 is 0 Å². The van der Waals surface area contributed by atoms with Gasteiger partial charge in [-0.15, -0.1) is 0 Å². The highest BCUT2D eigenvalue weighted by Crippen LogP contribution is 2.39. The van der Waals surface area contributed by atoms with E-state index in [-0.39, 0.29) is 0 Å². The summed E-state index contributed by atoms with van der Waals surface area (Å²) in [6, 6.07) is 0.773. The Balaban J connectivity index is 2.28. The summed E-state index contributed by atoms with van der Waals surface area (Å²) in [7, 11) is 0. The second-order valence-corrected chi connectivity index (χ2v) is 5.33. The van der Waals surface area contributed by atoms with Crippen LogP contribution in [0.4, 0.5) is 0 Å². The summed E-state index contributed by atoms with van der Waals surface area (Å²) >= 11 is 0. The maximum Gasteiger partial charge on any atom is 0.00953 e. The molecule has 1 saturated carbocycles. The first kappa shape index (κ1) is 12.0. The first-order valence-corrected chi connectivity index (χ1v) is 6.38. The van der Waals surface area contributed by atoms with Gasteiger partial charge in [-0.3, -0.25) is 0 Å². The van der Waals surface area contributed by atoms with E-state index in [9.17, 15) is 0 Å². The van der Waals surface area contributed by atoms with E-state index in [2.05, 4.69) is 33.0 Å². The second-order valence-electron chi connectivity index (χ2n) is 5.33. The maximum atomic E-state index is 3.66. The Hall–Kier alpha value is -0.0400. The molecule has 0 aromatic rings. The van der Waals surface area contributed by atoms with Crippen LogP contribution >= 0.6 is 0 Å². The van der Waals surface area contributed by atoms with Crippen LogP contribution in [-0.4, -0.2) is 12.6 Å². The standard InChI is InChI=1S/C13H27N/c1-5-14-13(9-6-10(2)3)11(4)12-7-8-12/h10-14H,5-9H2,1-4H3. The van der Waals surface area contributed by atoms with Crippen molar-refractivity contribution in [1.29, 1.82) is 0 Å². The van der Waals surface area contributed by atoms with Crippen LogP contribution in [0.15, 0.2) is 0 Å². The van der Waals surface area contributed by atoms with Crippen molar-refractivity contribution in [3.8, 4) is 0 Å². The predicted octanol–water partition coefficient (Wildman–Crippen LogP) is 3.45. The normalized spacial score (nSPS) is 21.2. The molecule has 0 aromatic carbocycles. The molecular formula is C13H27N. The van der Waals surface area contributed by atoms with Gasteiger partial charge in [0.1, 0.15) is 0 Å². The van der Waals surface area contributed by atoms with Gasteiger partial charge in [-0.05, 0) is 50.0 Å². The smallest absolute Gasteiger partial charge is 0.00953 e. The first-order chi connectivity index (χ1) is 6.65. The lowest BCUT2D eigenvalue weighted by atomic mass is 9.90. The van der Waals surface area contributed by atoms with Crippen molar-refractivity contribution in [2.75, 3.05) is 6.54 Å². The Morgan fingerprint density at radius 1 is 1.14 bits per heavy atom. The van der Waals surface area contributed by atoms with E-state index in [4.69, 9.17) is 0 Å². The van der Waals surface area contributed by atoms with E-state index in [1.165, 1.54) is 25.7 Å². The Kier molecular flexibility index (Phi) is 4.94. The average Bonchev–Trinajstić information content (AvgIpc) is 2.93. The van der Waals surface area contributed by atoms with Crippen LogP contribution in [0.25, 0.3) is 0 Å². The maximum absolute atomic E-state index is 3.66. The predicted molar refractivity (Wildman–Crippen MR) is 63.4 cm³/mol. The molecule has 1 nitrogen and oxygen atoms in total. The van der Waals surface area contributed by atoms with Crippen LogP contribution in [-0.2, 0) is 0 Å². The van der Waals surface area contributed by atoms with Gasteiger partial charge in [0.05, 0.1) is 0 Å². The molecule has 0 saturated heterocycles. The van der Waals surface area contributed by atoms with Crippen LogP contribution in [0.3, 0.4) is 0 Å². The third-order valence-electron chi connectivity index (χ3n) is 3.52. The van der Waals surface area contributed by atoms with Crippen LogP contribution in [0.1, 0.15) is 53.4 Å². The van der Waals surface area contributed by atoms with Gasteiger partial charge in [0.25, 0.3) is 0 Å². The Morgan fingerprint density at radius 2 is 1.79 bits per heavy atom. The van der Waals surface area contributed by atoms with Crippen molar-refractivity contribution in [3.63, 3.8) is 0 Å². The van der Waals surface area contributed by atoms with Crippen LogP contribution in [0.2, 0.25) is 0 Å². The summed E-state index contributed by atoms with van der Waals surface area (Å²) < 4.78 is 0. The van der Waals surface area contributed by atoms with E-state index in [1.54, 1.807) is 0 Å². The highest BCUT2D eigenvalue weighted by Gasteiger charge is 2.32. The van der Waals surface area contributed by atoms with Crippen molar-refractivity contribution in [1.82, 2.24) is 5.32 Å².